The molecule has 0 aliphatic heterocycles. The van der Waals surface area contributed by atoms with Gasteiger partial charge in [0.25, 0.3) is 5.91 Å². The van der Waals surface area contributed by atoms with Gasteiger partial charge in [-0.2, -0.15) is 4.31 Å². The van der Waals surface area contributed by atoms with Crippen LogP contribution >= 0.6 is 0 Å². The molecule has 0 unspecified atom stereocenters. The predicted molar refractivity (Wildman–Crippen MR) is 91.9 cm³/mol. The molecule has 0 aliphatic carbocycles. The van der Waals surface area contributed by atoms with Crippen molar-refractivity contribution in [3.05, 3.63) is 29.3 Å². The monoisotopic (exact) mass is 341 g/mol. The third-order valence-electron chi connectivity index (χ3n) is 3.48. The maximum absolute atomic E-state index is 12.7. The molecule has 23 heavy (non-hydrogen) atoms. The number of carbonyl (C=O) groups is 1. The Hall–Kier alpha value is -1.44. The SMILES string of the molecule is CCN(CC)S(=O)(=O)c1cc(C(=O)NCC(C)(C)N)ccc1C. The van der Waals surface area contributed by atoms with Gasteiger partial charge in [0, 0.05) is 30.7 Å². The third kappa shape index (κ3) is 5.02. The Bertz CT molecular complexity index is 660. The molecule has 0 fully saturated rings. The van der Waals surface area contributed by atoms with Crippen LogP contribution < -0.4 is 11.1 Å². The minimum Gasteiger partial charge on any atom is -0.350 e. The van der Waals surface area contributed by atoms with E-state index in [0.717, 1.165) is 0 Å². The Balaban J connectivity index is 3.16. The van der Waals surface area contributed by atoms with Gasteiger partial charge in [0.1, 0.15) is 0 Å². The van der Waals surface area contributed by atoms with E-state index < -0.39 is 15.6 Å². The van der Waals surface area contributed by atoms with Gasteiger partial charge in [0.05, 0.1) is 4.90 Å². The van der Waals surface area contributed by atoms with Gasteiger partial charge in [0.15, 0.2) is 0 Å². The number of hydrogen-bond donors (Lipinski definition) is 2. The number of carbonyl (C=O) groups excluding carboxylic acids is 1. The van der Waals surface area contributed by atoms with Gasteiger partial charge >= 0.3 is 0 Å². The minimum absolute atomic E-state index is 0.167. The quantitative estimate of drug-likeness (QED) is 0.786. The van der Waals surface area contributed by atoms with Crippen LogP contribution in [0.5, 0.6) is 0 Å². The third-order valence-corrected chi connectivity index (χ3v) is 5.67. The lowest BCUT2D eigenvalue weighted by molar-refractivity contribution is 0.0946. The van der Waals surface area contributed by atoms with Crippen molar-refractivity contribution < 1.29 is 13.2 Å². The number of hydrogen-bond acceptors (Lipinski definition) is 4. The van der Waals surface area contributed by atoms with Gasteiger partial charge in [-0.05, 0) is 38.5 Å². The lowest BCUT2D eigenvalue weighted by Crippen LogP contribution is -2.45. The maximum atomic E-state index is 12.7. The highest BCUT2D eigenvalue weighted by molar-refractivity contribution is 7.89. The summed E-state index contributed by atoms with van der Waals surface area (Å²) >= 11 is 0. The molecule has 0 bridgehead atoms. The number of nitrogens with two attached hydrogens (primary N) is 1. The Kier molecular flexibility index (Phi) is 6.33. The Morgan fingerprint density at radius 2 is 1.83 bits per heavy atom. The van der Waals surface area contributed by atoms with E-state index in [0.29, 0.717) is 30.8 Å². The molecule has 3 N–H and O–H groups in total. The number of amides is 1. The topological polar surface area (TPSA) is 92.5 Å². The lowest BCUT2D eigenvalue weighted by atomic mass is 10.1. The van der Waals surface area contributed by atoms with Crippen LogP contribution in [-0.4, -0.2) is 43.8 Å². The average molecular weight is 341 g/mol. The van der Waals surface area contributed by atoms with Crippen molar-refractivity contribution in [2.24, 2.45) is 5.73 Å². The van der Waals surface area contributed by atoms with E-state index in [1.807, 2.05) is 0 Å². The summed E-state index contributed by atoms with van der Waals surface area (Å²) in [7, 11) is -3.60. The van der Waals surface area contributed by atoms with Crippen LogP contribution in [0.25, 0.3) is 0 Å². The summed E-state index contributed by atoms with van der Waals surface area (Å²) in [4.78, 5) is 12.4. The molecule has 0 heterocycles. The first-order valence-corrected chi connectivity index (χ1v) is 9.14. The zero-order chi connectivity index (χ0) is 17.8. The van der Waals surface area contributed by atoms with Gasteiger partial charge in [-0.1, -0.05) is 19.9 Å². The first-order chi connectivity index (χ1) is 10.5. The predicted octanol–water partition coefficient (Wildman–Crippen LogP) is 1.49. The van der Waals surface area contributed by atoms with Crippen molar-refractivity contribution in [1.29, 1.82) is 0 Å². The van der Waals surface area contributed by atoms with Crippen LogP contribution in [0.1, 0.15) is 43.6 Å². The summed E-state index contributed by atoms with van der Waals surface area (Å²) in [5.41, 5.74) is 6.24. The lowest BCUT2D eigenvalue weighted by Gasteiger charge is -2.21. The van der Waals surface area contributed by atoms with Crippen molar-refractivity contribution >= 4 is 15.9 Å². The van der Waals surface area contributed by atoms with E-state index in [-0.39, 0.29) is 10.8 Å². The van der Waals surface area contributed by atoms with Crippen molar-refractivity contribution in [2.45, 2.75) is 45.1 Å². The van der Waals surface area contributed by atoms with E-state index in [1.54, 1.807) is 46.8 Å². The van der Waals surface area contributed by atoms with Crippen LogP contribution in [0.15, 0.2) is 23.1 Å². The molecule has 0 radical (unpaired) electrons. The van der Waals surface area contributed by atoms with Gasteiger partial charge in [-0.25, -0.2) is 8.42 Å². The Labute approximate surface area is 139 Å². The summed E-state index contributed by atoms with van der Waals surface area (Å²) in [5.74, 6) is -0.334. The fourth-order valence-electron chi connectivity index (χ4n) is 2.13. The molecule has 1 rings (SSSR count). The number of nitrogens with zero attached hydrogens (tertiary/aromatic N) is 1. The molecule has 6 nitrogen and oxygen atoms in total. The molecule has 1 amide bonds. The van der Waals surface area contributed by atoms with Crippen molar-refractivity contribution in [2.75, 3.05) is 19.6 Å². The Morgan fingerprint density at radius 3 is 2.30 bits per heavy atom. The van der Waals surface area contributed by atoms with Crippen LogP contribution in [0.3, 0.4) is 0 Å². The number of aryl methyl sites for hydroxylation is 1. The van der Waals surface area contributed by atoms with E-state index in [4.69, 9.17) is 5.73 Å². The second kappa shape index (κ2) is 7.42. The fraction of sp³-hybridized carbons (Fsp3) is 0.562. The molecule has 0 atom stereocenters. The zero-order valence-electron chi connectivity index (χ0n) is 14.5. The van der Waals surface area contributed by atoms with Crippen LogP contribution in [-0.2, 0) is 10.0 Å². The summed E-state index contributed by atoms with van der Waals surface area (Å²) < 4.78 is 26.7. The number of sulfonamides is 1. The number of nitrogens with one attached hydrogen (secondary N) is 1. The molecule has 0 saturated heterocycles. The highest BCUT2D eigenvalue weighted by Gasteiger charge is 2.25. The molecule has 0 aliphatic rings. The molecular weight excluding hydrogens is 314 g/mol. The van der Waals surface area contributed by atoms with E-state index in [2.05, 4.69) is 5.32 Å². The highest BCUT2D eigenvalue weighted by atomic mass is 32.2. The van der Waals surface area contributed by atoms with Gasteiger partial charge < -0.3 is 11.1 Å². The van der Waals surface area contributed by atoms with Gasteiger partial charge in [-0.15, -0.1) is 0 Å². The van der Waals surface area contributed by atoms with Crippen LogP contribution in [0.4, 0.5) is 0 Å². The van der Waals surface area contributed by atoms with Crippen molar-refractivity contribution in [3.63, 3.8) is 0 Å². The van der Waals surface area contributed by atoms with Crippen LogP contribution in [0.2, 0.25) is 0 Å². The molecule has 0 spiro atoms. The molecule has 0 aromatic heterocycles. The van der Waals surface area contributed by atoms with Crippen molar-refractivity contribution in [3.8, 4) is 0 Å². The average Bonchev–Trinajstić information content (AvgIpc) is 2.45. The Morgan fingerprint density at radius 1 is 1.26 bits per heavy atom. The van der Waals surface area contributed by atoms with Gasteiger partial charge in [0.2, 0.25) is 10.0 Å². The molecule has 1 aromatic carbocycles. The molecule has 1 aromatic rings. The summed E-state index contributed by atoms with van der Waals surface area (Å²) in [6.45, 7) is 9.98. The smallest absolute Gasteiger partial charge is 0.251 e. The second-order valence-electron chi connectivity index (χ2n) is 6.24. The first-order valence-electron chi connectivity index (χ1n) is 7.70. The van der Waals surface area contributed by atoms with E-state index in [9.17, 15) is 13.2 Å². The number of rotatable bonds is 7. The standard InChI is InChI=1S/C16H27N3O3S/c1-6-19(7-2)23(21,22)14-10-13(9-8-12(14)3)15(20)18-11-16(4,5)17/h8-10H,6-7,11,17H2,1-5H3,(H,18,20). The zero-order valence-corrected chi connectivity index (χ0v) is 15.3. The second-order valence-corrected chi connectivity index (χ2v) is 8.15. The molecule has 130 valence electrons. The normalized spacial score (nSPS) is 12.5. The maximum Gasteiger partial charge on any atom is 0.251 e. The summed E-state index contributed by atoms with van der Waals surface area (Å²) in [5, 5.41) is 2.72. The van der Waals surface area contributed by atoms with Crippen molar-refractivity contribution in [1.82, 2.24) is 9.62 Å². The summed E-state index contributed by atoms with van der Waals surface area (Å²) in [6, 6.07) is 4.70. The highest BCUT2D eigenvalue weighted by Crippen LogP contribution is 2.21. The fourth-order valence-corrected chi connectivity index (χ4v) is 3.84. The molecular formula is C16H27N3O3S. The van der Waals surface area contributed by atoms with Crippen LogP contribution in [0, 0.1) is 6.92 Å². The first kappa shape index (κ1) is 19.6. The minimum atomic E-state index is -3.60. The number of benzene rings is 1. The molecule has 7 heteroatoms. The largest absolute Gasteiger partial charge is 0.350 e. The summed E-state index contributed by atoms with van der Waals surface area (Å²) in [6.07, 6.45) is 0. The van der Waals surface area contributed by atoms with Gasteiger partial charge in [-0.3, -0.25) is 4.79 Å². The van der Waals surface area contributed by atoms with E-state index >= 15 is 0 Å². The molecule has 0 saturated carbocycles. The van der Waals surface area contributed by atoms with E-state index in [1.165, 1.54) is 10.4 Å².